The van der Waals surface area contributed by atoms with Crippen LogP contribution in [0, 0.1) is 11.6 Å². The summed E-state index contributed by atoms with van der Waals surface area (Å²) < 4.78 is 28.1. The first-order valence-electron chi connectivity index (χ1n) is 7.08. The number of likely N-dealkylation sites (tertiary alicyclic amines) is 1. The zero-order valence-corrected chi connectivity index (χ0v) is 11.4. The Kier molecular flexibility index (Phi) is 4.88. The van der Waals surface area contributed by atoms with E-state index in [9.17, 15) is 8.78 Å². The van der Waals surface area contributed by atoms with Gasteiger partial charge in [-0.1, -0.05) is 19.4 Å². The average molecular weight is 268 g/mol. The third-order valence-electron chi connectivity index (χ3n) is 3.84. The maximum atomic E-state index is 14.0. The van der Waals surface area contributed by atoms with Gasteiger partial charge >= 0.3 is 0 Å². The van der Waals surface area contributed by atoms with Crippen LogP contribution < -0.4 is 5.73 Å². The zero-order chi connectivity index (χ0) is 13.8. The van der Waals surface area contributed by atoms with E-state index in [0.29, 0.717) is 0 Å². The molecule has 0 aromatic heterocycles. The molecule has 2 atom stereocenters. The van der Waals surface area contributed by atoms with Gasteiger partial charge in [0.25, 0.3) is 0 Å². The molecule has 106 valence electrons. The zero-order valence-electron chi connectivity index (χ0n) is 11.4. The van der Waals surface area contributed by atoms with Crippen molar-refractivity contribution in [2.45, 2.75) is 44.7 Å². The standard InChI is InChI=1S/C15H22F2N2/c1-2-9-19-10-4-3-8-13(18)15(19)14-11(16)6-5-7-12(14)17/h5-7,13,15H,2-4,8-10,18H2,1H3. The van der Waals surface area contributed by atoms with Crippen LogP contribution >= 0.6 is 0 Å². The molecule has 1 aromatic carbocycles. The number of benzene rings is 1. The summed E-state index contributed by atoms with van der Waals surface area (Å²) in [4.78, 5) is 2.14. The minimum atomic E-state index is -0.483. The molecule has 2 N–H and O–H groups in total. The molecule has 2 rings (SSSR count). The molecule has 0 saturated carbocycles. The van der Waals surface area contributed by atoms with Crippen molar-refractivity contribution in [3.63, 3.8) is 0 Å². The minimum absolute atomic E-state index is 0.144. The van der Waals surface area contributed by atoms with Gasteiger partial charge < -0.3 is 5.73 Å². The van der Waals surface area contributed by atoms with Gasteiger partial charge in [-0.15, -0.1) is 0 Å². The third kappa shape index (κ3) is 3.12. The van der Waals surface area contributed by atoms with Crippen molar-refractivity contribution in [1.82, 2.24) is 4.90 Å². The molecule has 1 fully saturated rings. The van der Waals surface area contributed by atoms with Crippen LogP contribution in [0.2, 0.25) is 0 Å². The fraction of sp³-hybridized carbons (Fsp3) is 0.600. The fourth-order valence-electron chi connectivity index (χ4n) is 2.99. The lowest BCUT2D eigenvalue weighted by molar-refractivity contribution is 0.177. The minimum Gasteiger partial charge on any atom is -0.326 e. The van der Waals surface area contributed by atoms with Crippen LogP contribution in [-0.2, 0) is 0 Å². The Balaban J connectivity index is 2.40. The molecule has 19 heavy (non-hydrogen) atoms. The first-order chi connectivity index (χ1) is 9.15. The molecule has 0 amide bonds. The Labute approximate surface area is 113 Å². The van der Waals surface area contributed by atoms with Crippen molar-refractivity contribution < 1.29 is 8.78 Å². The van der Waals surface area contributed by atoms with Gasteiger partial charge in [0.2, 0.25) is 0 Å². The third-order valence-corrected chi connectivity index (χ3v) is 3.84. The molecule has 0 radical (unpaired) electrons. The topological polar surface area (TPSA) is 29.3 Å². The molecule has 2 nitrogen and oxygen atoms in total. The Morgan fingerprint density at radius 3 is 2.58 bits per heavy atom. The Morgan fingerprint density at radius 1 is 1.26 bits per heavy atom. The monoisotopic (exact) mass is 268 g/mol. The van der Waals surface area contributed by atoms with E-state index in [0.717, 1.165) is 38.8 Å². The summed E-state index contributed by atoms with van der Waals surface area (Å²) in [6.45, 7) is 3.76. The first kappa shape index (κ1) is 14.4. The van der Waals surface area contributed by atoms with Crippen molar-refractivity contribution in [1.29, 1.82) is 0 Å². The molecule has 1 aliphatic heterocycles. The molecule has 2 unspecified atom stereocenters. The summed E-state index contributed by atoms with van der Waals surface area (Å²) >= 11 is 0. The predicted octanol–water partition coefficient (Wildman–Crippen LogP) is 3.23. The van der Waals surface area contributed by atoms with E-state index in [-0.39, 0.29) is 17.6 Å². The van der Waals surface area contributed by atoms with Gasteiger partial charge in [0, 0.05) is 11.6 Å². The second kappa shape index (κ2) is 6.44. The molecule has 1 saturated heterocycles. The Hall–Kier alpha value is -1.00. The summed E-state index contributed by atoms with van der Waals surface area (Å²) in [6, 6.07) is 3.49. The largest absolute Gasteiger partial charge is 0.326 e. The normalized spacial score (nSPS) is 25.3. The van der Waals surface area contributed by atoms with Crippen LogP contribution in [0.3, 0.4) is 0 Å². The number of rotatable bonds is 3. The number of nitrogens with two attached hydrogens (primary N) is 1. The van der Waals surface area contributed by atoms with Gasteiger partial charge in [-0.25, -0.2) is 8.78 Å². The highest BCUT2D eigenvalue weighted by Gasteiger charge is 2.32. The van der Waals surface area contributed by atoms with Gasteiger partial charge in [0.05, 0.1) is 6.04 Å². The van der Waals surface area contributed by atoms with Crippen LogP contribution in [0.4, 0.5) is 8.78 Å². The van der Waals surface area contributed by atoms with E-state index in [1.54, 1.807) is 0 Å². The van der Waals surface area contributed by atoms with Crippen LogP contribution in [0.15, 0.2) is 18.2 Å². The number of hydrogen-bond donors (Lipinski definition) is 1. The Morgan fingerprint density at radius 2 is 1.95 bits per heavy atom. The van der Waals surface area contributed by atoms with Crippen LogP contribution in [-0.4, -0.2) is 24.0 Å². The summed E-state index contributed by atoms with van der Waals surface area (Å²) in [5.41, 5.74) is 6.34. The molecule has 0 bridgehead atoms. The van der Waals surface area contributed by atoms with Gasteiger partial charge in [-0.05, 0) is 44.5 Å². The number of hydrogen-bond acceptors (Lipinski definition) is 2. The Bertz CT molecular complexity index is 402. The molecule has 1 heterocycles. The summed E-state index contributed by atoms with van der Waals surface area (Å²) in [6.07, 6.45) is 3.84. The van der Waals surface area contributed by atoms with Crippen LogP contribution in [0.5, 0.6) is 0 Å². The molecule has 0 spiro atoms. The number of halogens is 2. The SMILES string of the molecule is CCCN1CCCCC(N)C1c1c(F)cccc1F. The van der Waals surface area contributed by atoms with E-state index >= 15 is 0 Å². The average Bonchev–Trinajstić information content (AvgIpc) is 2.54. The van der Waals surface area contributed by atoms with Crippen molar-refractivity contribution in [3.8, 4) is 0 Å². The summed E-state index contributed by atoms with van der Waals surface area (Å²) in [5.74, 6) is -0.966. The van der Waals surface area contributed by atoms with Crippen LogP contribution in [0.1, 0.15) is 44.2 Å². The second-order valence-electron chi connectivity index (χ2n) is 5.28. The molecule has 4 heteroatoms. The van der Waals surface area contributed by atoms with E-state index in [1.165, 1.54) is 18.2 Å². The van der Waals surface area contributed by atoms with Gasteiger partial charge in [-0.2, -0.15) is 0 Å². The van der Waals surface area contributed by atoms with E-state index < -0.39 is 11.6 Å². The highest BCUT2D eigenvalue weighted by molar-refractivity contribution is 5.25. The van der Waals surface area contributed by atoms with Gasteiger partial charge in [0.15, 0.2) is 0 Å². The highest BCUT2D eigenvalue weighted by Crippen LogP contribution is 2.32. The molecular weight excluding hydrogens is 246 g/mol. The maximum Gasteiger partial charge on any atom is 0.130 e. The molecule has 1 aliphatic rings. The molecular formula is C15H22F2N2. The smallest absolute Gasteiger partial charge is 0.130 e. The second-order valence-corrected chi connectivity index (χ2v) is 5.28. The van der Waals surface area contributed by atoms with E-state index in [1.807, 2.05) is 0 Å². The van der Waals surface area contributed by atoms with Crippen molar-refractivity contribution in [2.24, 2.45) is 5.73 Å². The van der Waals surface area contributed by atoms with Gasteiger partial charge in [0.1, 0.15) is 11.6 Å². The lowest BCUT2D eigenvalue weighted by Crippen LogP contribution is -2.41. The van der Waals surface area contributed by atoms with Crippen molar-refractivity contribution in [3.05, 3.63) is 35.4 Å². The fourth-order valence-corrected chi connectivity index (χ4v) is 2.99. The van der Waals surface area contributed by atoms with E-state index in [2.05, 4.69) is 11.8 Å². The lowest BCUT2D eigenvalue weighted by atomic mass is 9.95. The summed E-state index contributed by atoms with van der Waals surface area (Å²) in [7, 11) is 0. The van der Waals surface area contributed by atoms with Gasteiger partial charge in [-0.3, -0.25) is 4.90 Å². The maximum absolute atomic E-state index is 14.0. The number of nitrogens with zero attached hydrogens (tertiary/aromatic N) is 1. The van der Waals surface area contributed by atoms with E-state index in [4.69, 9.17) is 5.73 Å². The van der Waals surface area contributed by atoms with Crippen LogP contribution in [0.25, 0.3) is 0 Å². The quantitative estimate of drug-likeness (QED) is 0.912. The summed E-state index contributed by atoms with van der Waals surface area (Å²) in [5, 5.41) is 0. The van der Waals surface area contributed by atoms with Crippen molar-refractivity contribution in [2.75, 3.05) is 13.1 Å². The molecule has 1 aromatic rings. The first-order valence-corrected chi connectivity index (χ1v) is 7.08. The lowest BCUT2D eigenvalue weighted by Gasteiger charge is -2.34. The van der Waals surface area contributed by atoms with Crippen molar-refractivity contribution >= 4 is 0 Å². The molecule has 0 aliphatic carbocycles. The predicted molar refractivity (Wildman–Crippen MR) is 72.8 cm³/mol. The highest BCUT2D eigenvalue weighted by atomic mass is 19.1.